The molecule has 0 atom stereocenters. The molecule has 2 aromatic rings. The van der Waals surface area contributed by atoms with Crippen LogP contribution >= 0.6 is 34.5 Å². The van der Waals surface area contributed by atoms with Crippen molar-refractivity contribution in [3.63, 3.8) is 0 Å². The number of carbonyl (C=O) groups is 2. The second kappa shape index (κ2) is 5.89. The lowest BCUT2D eigenvalue weighted by Gasteiger charge is -2.26. The molecule has 0 fully saturated rings. The first kappa shape index (κ1) is 16.4. The van der Waals surface area contributed by atoms with Crippen LogP contribution in [0.2, 0.25) is 10.0 Å². The van der Waals surface area contributed by atoms with Gasteiger partial charge in [-0.25, -0.2) is 4.98 Å². The number of ketones is 1. The van der Waals surface area contributed by atoms with Crippen LogP contribution in [0.15, 0.2) is 18.2 Å². The molecule has 1 amide bonds. The van der Waals surface area contributed by atoms with Crippen molar-refractivity contribution >= 4 is 51.4 Å². The molecule has 1 aromatic heterocycles. The molecule has 0 bridgehead atoms. The van der Waals surface area contributed by atoms with E-state index in [1.807, 2.05) is 13.8 Å². The van der Waals surface area contributed by atoms with E-state index in [0.717, 1.165) is 12.1 Å². The van der Waals surface area contributed by atoms with E-state index in [9.17, 15) is 9.59 Å². The number of nitrogens with zero attached hydrogens (tertiary/aromatic N) is 1. The molecule has 1 aromatic carbocycles. The van der Waals surface area contributed by atoms with E-state index >= 15 is 0 Å². The lowest BCUT2D eigenvalue weighted by Crippen LogP contribution is -2.26. The summed E-state index contributed by atoms with van der Waals surface area (Å²) in [6.07, 6.45) is 1.22. The molecule has 0 spiro atoms. The van der Waals surface area contributed by atoms with E-state index in [-0.39, 0.29) is 22.1 Å². The second-order valence-corrected chi connectivity index (χ2v) is 8.16. The standard InChI is InChI=1S/C16H14Cl2N2O2S/c1-16(2)6-11-13(12(21)7-16)23-15(19-11)20-14(22)9-4-3-8(17)5-10(9)18/h3-5H,6-7H2,1-2H3,(H,19,20,22). The third-order valence-corrected chi connectivity index (χ3v) is 5.23. The summed E-state index contributed by atoms with van der Waals surface area (Å²) in [6, 6.07) is 4.67. The molecule has 1 N–H and O–H groups in total. The zero-order valence-corrected chi connectivity index (χ0v) is 14.9. The molecule has 0 saturated carbocycles. The molecule has 0 aliphatic heterocycles. The number of aromatic nitrogens is 1. The summed E-state index contributed by atoms with van der Waals surface area (Å²) in [5.74, 6) is -0.289. The van der Waals surface area contributed by atoms with Crippen LogP contribution < -0.4 is 5.32 Å². The minimum Gasteiger partial charge on any atom is -0.298 e. The van der Waals surface area contributed by atoms with Gasteiger partial charge in [-0.1, -0.05) is 48.4 Å². The van der Waals surface area contributed by atoms with Crippen LogP contribution in [0.4, 0.5) is 5.13 Å². The topological polar surface area (TPSA) is 59.1 Å². The Hall–Kier alpha value is -1.43. The predicted molar refractivity (Wildman–Crippen MR) is 93.0 cm³/mol. The monoisotopic (exact) mass is 368 g/mol. The number of hydrogen-bond donors (Lipinski definition) is 1. The Labute approximate surface area is 147 Å². The highest BCUT2D eigenvalue weighted by molar-refractivity contribution is 7.17. The fourth-order valence-corrected chi connectivity index (χ4v) is 4.02. The molecule has 0 radical (unpaired) electrons. The van der Waals surface area contributed by atoms with Gasteiger partial charge in [0.2, 0.25) is 0 Å². The van der Waals surface area contributed by atoms with E-state index in [0.29, 0.717) is 27.0 Å². The Kier molecular flexibility index (Phi) is 4.21. The summed E-state index contributed by atoms with van der Waals surface area (Å²) in [5, 5.41) is 3.86. The van der Waals surface area contributed by atoms with Crippen molar-refractivity contribution in [2.24, 2.45) is 5.41 Å². The molecule has 120 valence electrons. The number of halogens is 2. The molecule has 1 heterocycles. The summed E-state index contributed by atoms with van der Waals surface area (Å²) < 4.78 is 0. The van der Waals surface area contributed by atoms with Crippen molar-refractivity contribution in [2.75, 3.05) is 5.32 Å². The average molecular weight is 369 g/mol. The molecule has 23 heavy (non-hydrogen) atoms. The number of thiazole rings is 1. The fourth-order valence-electron chi connectivity index (χ4n) is 2.61. The maximum absolute atomic E-state index is 12.3. The SMILES string of the molecule is CC1(C)CC(=O)c2sc(NC(=O)c3ccc(Cl)cc3Cl)nc2C1. The number of nitrogens with one attached hydrogen (secondary N) is 1. The minimum atomic E-state index is -0.371. The van der Waals surface area contributed by atoms with Crippen LogP contribution in [0, 0.1) is 5.41 Å². The zero-order chi connectivity index (χ0) is 16.8. The summed E-state index contributed by atoms with van der Waals surface area (Å²) in [4.78, 5) is 29.5. The van der Waals surface area contributed by atoms with E-state index in [1.54, 1.807) is 12.1 Å². The van der Waals surface area contributed by atoms with Crippen molar-refractivity contribution in [3.8, 4) is 0 Å². The first-order chi connectivity index (χ1) is 10.7. The number of fused-ring (bicyclic) bond motifs is 1. The van der Waals surface area contributed by atoms with Gasteiger partial charge in [-0.2, -0.15) is 0 Å². The van der Waals surface area contributed by atoms with Crippen molar-refractivity contribution in [3.05, 3.63) is 44.4 Å². The Bertz CT molecular complexity index is 814. The van der Waals surface area contributed by atoms with Crippen LogP contribution in [0.1, 0.15) is 46.0 Å². The van der Waals surface area contributed by atoms with Crippen LogP contribution in [-0.4, -0.2) is 16.7 Å². The molecule has 7 heteroatoms. The third-order valence-electron chi connectivity index (χ3n) is 3.63. The van der Waals surface area contributed by atoms with E-state index in [1.165, 1.54) is 17.4 Å². The van der Waals surface area contributed by atoms with Crippen LogP contribution in [-0.2, 0) is 6.42 Å². The number of Topliss-reactive ketones (excluding diaryl/α,β-unsaturated/α-hetero) is 1. The summed E-state index contributed by atoms with van der Waals surface area (Å²) in [7, 11) is 0. The lowest BCUT2D eigenvalue weighted by molar-refractivity contribution is 0.0915. The maximum atomic E-state index is 12.3. The van der Waals surface area contributed by atoms with Crippen molar-refractivity contribution in [1.82, 2.24) is 4.98 Å². The molecule has 1 aliphatic carbocycles. The number of carbonyl (C=O) groups excluding carboxylic acids is 2. The Morgan fingerprint density at radius 2 is 2.04 bits per heavy atom. The first-order valence-electron chi connectivity index (χ1n) is 7.04. The van der Waals surface area contributed by atoms with Gasteiger partial charge >= 0.3 is 0 Å². The van der Waals surface area contributed by atoms with Gasteiger partial charge in [-0.15, -0.1) is 0 Å². The highest BCUT2D eigenvalue weighted by atomic mass is 35.5. The number of anilines is 1. The quantitative estimate of drug-likeness (QED) is 0.823. The number of amides is 1. The van der Waals surface area contributed by atoms with Gasteiger partial charge in [0, 0.05) is 11.4 Å². The zero-order valence-electron chi connectivity index (χ0n) is 12.6. The van der Waals surface area contributed by atoms with Gasteiger partial charge in [-0.3, -0.25) is 14.9 Å². The van der Waals surface area contributed by atoms with E-state index in [4.69, 9.17) is 23.2 Å². The van der Waals surface area contributed by atoms with Gasteiger partial charge in [0.25, 0.3) is 5.91 Å². The van der Waals surface area contributed by atoms with E-state index < -0.39 is 0 Å². The van der Waals surface area contributed by atoms with Gasteiger partial charge < -0.3 is 0 Å². The molecule has 1 aliphatic rings. The molecule has 0 saturated heterocycles. The maximum Gasteiger partial charge on any atom is 0.258 e. The number of hydrogen-bond acceptors (Lipinski definition) is 4. The van der Waals surface area contributed by atoms with Crippen molar-refractivity contribution in [2.45, 2.75) is 26.7 Å². The van der Waals surface area contributed by atoms with Crippen LogP contribution in [0.5, 0.6) is 0 Å². The molecular weight excluding hydrogens is 355 g/mol. The summed E-state index contributed by atoms with van der Waals surface area (Å²) in [5.41, 5.74) is 0.975. The normalized spacial score (nSPS) is 16.1. The number of rotatable bonds is 2. The molecule has 0 unspecified atom stereocenters. The lowest BCUT2D eigenvalue weighted by atomic mass is 9.78. The van der Waals surface area contributed by atoms with Crippen molar-refractivity contribution in [1.29, 1.82) is 0 Å². The van der Waals surface area contributed by atoms with Crippen LogP contribution in [0.25, 0.3) is 0 Å². The third kappa shape index (κ3) is 3.42. The van der Waals surface area contributed by atoms with Crippen LogP contribution in [0.3, 0.4) is 0 Å². The Morgan fingerprint density at radius 3 is 2.74 bits per heavy atom. The predicted octanol–water partition coefficient (Wildman–Crippen LogP) is 4.86. The van der Waals surface area contributed by atoms with Crippen molar-refractivity contribution < 1.29 is 9.59 Å². The Balaban J connectivity index is 1.84. The fraction of sp³-hybridized carbons (Fsp3) is 0.312. The highest BCUT2D eigenvalue weighted by Crippen LogP contribution is 2.38. The molecule has 4 nitrogen and oxygen atoms in total. The largest absolute Gasteiger partial charge is 0.298 e. The molecule has 3 rings (SSSR count). The highest BCUT2D eigenvalue weighted by Gasteiger charge is 2.34. The van der Waals surface area contributed by atoms with E-state index in [2.05, 4.69) is 10.3 Å². The summed E-state index contributed by atoms with van der Waals surface area (Å²) >= 11 is 13.1. The number of benzene rings is 1. The smallest absolute Gasteiger partial charge is 0.258 e. The van der Waals surface area contributed by atoms with Gasteiger partial charge in [0.05, 0.1) is 21.2 Å². The first-order valence-corrected chi connectivity index (χ1v) is 8.62. The van der Waals surface area contributed by atoms with Gasteiger partial charge in [-0.05, 0) is 30.0 Å². The molecular formula is C16H14Cl2N2O2S. The Morgan fingerprint density at radius 1 is 1.30 bits per heavy atom. The second-order valence-electron chi connectivity index (χ2n) is 6.31. The average Bonchev–Trinajstić information content (AvgIpc) is 2.79. The van der Waals surface area contributed by atoms with Gasteiger partial charge in [0.1, 0.15) is 0 Å². The summed E-state index contributed by atoms with van der Waals surface area (Å²) in [6.45, 7) is 4.08. The van der Waals surface area contributed by atoms with Gasteiger partial charge in [0.15, 0.2) is 10.9 Å². The minimum absolute atomic E-state index is 0.0822.